The summed E-state index contributed by atoms with van der Waals surface area (Å²) in [6.45, 7) is 6.32. The molecule has 2 N–H and O–H groups in total. The minimum atomic E-state index is 0.101. The summed E-state index contributed by atoms with van der Waals surface area (Å²) in [5.41, 5.74) is 3.03. The largest absolute Gasteiger partial charge is 0.351 e. The van der Waals surface area contributed by atoms with Crippen molar-refractivity contribution in [3.05, 3.63) is 59.8 Å². The van der Waals surface area contributed by atoms with Crippen molar-refractivity contribution in [1.29, 1.82) is 0 Å². The lowest BCUT2D eigenvalue weighted by atomic mass is 10.1. The van der Waals surface area contributed by atoms with Crippen LogP contribution in [0.5, 0.6) is 0 Å². The number of pyridine rings is 1. The molecule has 0 aliphatic carbocycles. The van der Waals surface area contributed by atoms with Gasteiger partial charge in [0.2, 0.25) is 0 Å². The Morgan fingerprint density at radius 3 is 2.79 bits per heavy atom. The van der Waals surface area contributed by atoms with E-state index in [-0.39, 0.29) is 6.04 Å². The number of aryl methyl sites for hydroxylation is 1. The minimum absolute atomic E-state index is 0.101. The molecule has 7 nitrogen and oxygen atoms in total. The Labute approximate surface area is 166 Å². The van der Waals surface area contributed by atoms with Crippen LogP contribution in [0.3, 0.4) is 0 Å². The summed E-state index contributed by atoms with van der Waals surface area (Å²) in [7, 11) is 2.03. The maximum atomic E-state index is 4.83. The van der Waals surface area contributed by atoms with Gasteiger partial charge >= 0.3 is 0 Å². The van der Waals surface area contributed by atoms with Gasteiger partial charge in [-0.1, -0.05) is 26.0 Å². The molecule has 3 rings (SSSR count). The molecule has 3 heterocycles. The Balaban J connectivity index is 1.92. The van der Waals surface area contributed by atoms with Gasteiger partial charge < -0.3 is 10.2 Å². The molecule has 0 saturated heterocycles. The van der Waals surface area contributed by atoms with E-state index in [0.29, 0.717) is 5.82 Å². The molecule has 7 heteroatoms. The smallest absolute Gasteiger partial charge is 0.157 e. The first-order chi connectivity index (χ1) is 13.6. The molecule has 28 heavy (non-hydrogen) atoms. The second-order valence-corrected chi connectivity index (χ2v) is 6.60. The summed E-state index contributed by atoms with van der Waals surface area (Å²) < 4.78 is 0. The summed E-state index contributed by atoms with van der Waals surface area (Å²) in [4.78, 5) is 15.8. The molecule has 0 aliphatic heterocycles. The number of rotatable bonds is 8. The van der Waals surface area contributed by atoms with Crippen LogP contribution < -0.4 is 10.2 Å². The van der Waals surface area contributed by atoms with Crippen LogP contribution in [0.15, 0.2) is 42.9 Å². The Bertz CT molecular complexity index is 918. The molecule has 0 saturated carbocycles. The molecule has 0 radical (unpaired) electrons. The zero-order chi connectivity index (χ0) is 19.9. The molecule has 1 atom stereocenters. The lowest BCUT2D eigenvalue weighted by molar-refractivity contribution is 0.722. The Hall–Kier alpha value is -3.22. The highest BCUT2D eigenvalue weighted by Crippen LogP contribution is 2.28. The third-order valence-electron chi connectivity index (χ3n) is 4.64. The summed E-state index contributed by atoms with van der Waals surface area (Å²) in [5.74, 6) is 2.19. The molecular formula is C21H27N7. The average molecular weight is 377 g/mol. The van der Waals surface area contributed by atoms with Crippen molar-refractivity contribution in [3.63, 3.8) is 0 Å². The standard InChI is InChI=1S/C21H27N7/c1-5-7-10-18-21(28(4)15(3)16-9-8-11-22-13-16)25-20(14-23-18)24-19-12-17(6-2)26-27-19/h7-15H,5-6H2,1-4H3,(H2,24,25,26,27)/b10-7+. The lowest BCUT2D eigenvalue weighted by Crippen LogP contribution is -2.24. The number of nitrogens with zero attached hydrogens (tertiary/aromatic N) is 5. The fourth-order valence-electron chi connectivity index (χ4n) is 2.82. The number of allylic oxidation sites excluding steroid dienone is 1. The van der Waals surface area contributed by atoms with Gasteiger partial charge in [-0.2, -0.15) is 5.10 Å². The monoisotopic (exact) mass is 377 g/mol. The fourth-order valence-corrected chi connectivity index (χ4v) is 2.82. The second-order valence-electron chi connectivity index (χ2n) is 6.60. The molecule has 0 bridgehead atoms. The maximum Gasteiger partial charge on any atom is 0.157 e. The zero-order valence-electron chi connectivity index (χ0n) is 16.8. The molecule has 0 amide bonds. The van der Waals surface area contributed by atoms with Crippen LogP contribution in [-0.4, -0.2) is 32.2 Å². The van der Waals surface area contributed by atoms with Crippen LogP contribution >= 0.6 is 0 Å². The molecule has 0 aromatic carbocycles. The van der Waals surface area contributed by atoms with Crippen molar-refractivity contribution in [3.8, 4) is 0 Å². The van der Waals surface area contributed by atoms with E-state index in [4.69, 9.17) is 4.98 Å². The molecule has 0 aliphatic rings. The number of hydrogen-bond donors (Lipinski definition) is 2. The highest BCUT2D eigenvalue weighted by Gasteiger charge is 2.18. The topological polar surface area (TPSA) is 82.6 Å². The Morgan fingerprint density at radius 1 is 1.25 bits per heavy atom. The van der Waals surface area contributed by atoms with Gasteiger partial charge in [-0.3, -0.25) is 10.1 Å². The maximum absolute atomic E-state index is 4.83. The highest BCUT2D eigenvalue weighted by atomic mass is 15.2. The van der Waals surface area contributed by atoms with Crippen molar-refractivity contribution >= 4 is 23.5 Å². The third kappa shape index (κ3) is 4.54. The van der Waals surface area contributed by atoms with Gasteiger partial charge in [0.15, 0.2) is 17.5 Å². The number of H-pyrrole nitrogens is 1. The van der Waals surface area contributed by atoms with Gasteiger partial charge in [0.1, 0.15) is 5.69 Å². The van der Waals surface area contributed by atoms with Crippen LogP contribution in [-0.2, 0) is 6.42 Å². The fraction of sp³-hybridized carbons (Fsp3) is 0.333. The van der Waals surface area contributed by atoms with Crippen LogP contribution in [0.25, 0.3) is 6.08 Å². The van der Waals surface area contributed by atoms with E-state index in [1.54, 1.807) is 12.4 Å². The van der Waals surface area contributed by atoms with Gasteiger partial charge in [0.05, 0.1) is 12.2 Å². The highest BCUT2D eigenvalue weighted by molar-refractivity contribution is 5.64. The van der Waals surface area contributed by atoms with Crippen molar-refractivity contribution in [2.45, 2.75) is 39.7 Å². The predicted octanol–water partition coefficient (Wildman–Crippen LogP) is 4.52. The Kier molecular flexibility index (Phi) is 6.37. The van der Waals surface area contributed by atoms with Crippen LogP contribution in [0.1, 0.15) is 50.2 Å². The van der Waals surface area contributed by atoms with Crippen molar-refractivity contribution in [2.75, 3.05) is 17.3 Å². The van der Waals surface area contributed by atoms with Crippen molar-refractivity contribution < 1.29 is 0 Å². The van der Waals surface area contributed by atoms with Gasteiger partial charge in [0, 0.05) is 31.2 Å². The Morgan fingerprint density at radius 2 is 2.11 bits per heavy atom. The molecule has 0 fully saturated rings. The van der Waals surface area contributed by atoms with Crippen LogP contribution in [0.2, 0.25) is 0 Å². The zero-order valence-corrected chi connectivity index (χ0v) is 16.8. The number of aromatic amines is 1. The molecular weight excluding hydrogens is 350 g/mol. The predicted molar refractivity (Wildman–Crippen MR) is 114 cm³/mol. The van der Waals surface area contributed by atoms with Crippen LogP contribution in [0.4, 0.5) is 17.5 Å². The molecule has 3 aromatic heterocycles. The van der Waals surface area contributed by atoms with E-state index in [0.717, 1.165) is 41.4 Å². The summed E-state index contributed by atoms with van der Waals surface area (Å²) in [6, 6.07) is 6.10. The SMILES string of the molecule is CC/C=C/c1ncc(Nc2cc(CC)[nH]n2)nc1N(C)C(C)c1cccnc1. The van der Waals surface area contributed by atoms with Crippen LogP contribution in [0, 0.1) is 0 Å². The van der Waals surface area contributed by atoms with Gasteiger partial charge in [-0.25, -0.2) is 9.97 Å². The number of nitrogens with one attached hydrogen (secondary N) is 2. The van der Waals surface area contributed by atoms with Gasteiger partial charge in [-0.05, 0) is 37.5 Å². The number of hydrogen-bond acceptors (Lipinski definition) is 6. The van der Waals surface area contributed by atoms with E-state index in [1.165, 1.54) is 0 Å². The molecule has 146 valence electrons. The molecule has 3 aromatic rings. The molecule has 0 spiro atoms. The first-order valence-corrected chi connectivity index (χ1v) is 9.60. The van der Waals surface area contributed by atoms with E-state index in [2.05, 4.69) is 63.3 Å². The van der Waals surface area contributed by atoms with Gasteiger partial charge in [0.25, 0.3) is 0 Å². The number of anilines is 3. The summed E-state index contributed by atoms with van der Waals surface area (Å²) in [6.07, 6.45) is 11.3. The number of aromatic nitrogens is 5. The van der Waals surface area contributed by atoms with E-state index < -0.39 is 0 Å². The average Bonchev–Trinajstić information content (AvgIpc) is 3.20. The van der Waals surface area contributed by atoms with E-state index in [1.807, 2.05) is 31.5 Å². The lowest BCUT2D eigenvalue weighted by Gasteiger charge is -2.27. The third-order valence-corrected chi connectivity index (χ3v) is 4.64. The normalized spacial score (nSPS) is 12.3. The minimum Gasteiger partial charge on any atom is -0.351 e. The summed E-state index contributed by atoms with van der Waals surface area (Å²) in [5, 5.41) is 10.5. The summed E-state index contributed by atoms with van der Waals surface area (Å²) >= 11 is 0. The van der Waals surface area contributed by atoms with E-state index in [9.17, 15) is 0 Å². The first-order valence-electron chi connectivity index (χ1n) is 9.60. The van der Waals surface area contributed by atoms with E-state index >= 15 is 0 Å². The van der Waals surface area contributed by atoms with Crippen molar-refractivity contribution in [1.82, 2.24) is 25.1 Å². The second kappa shape index (κ2) is 9.12. The van der Waals surface area contributed by atoms with Gasteiger partial charge in [-0.15, -0.1) is 0 Å². The van der Waals surface area contributed by atoms with Crippen molar-refractivity contribution in [2.24, 2.45) is 0 Å². The molecule has 1 unspecified atom stereocenters. The quantitative estimate of drug-likeness (QED) is 0.600. The first kappa shape index (κ1) is 19.5.